The maximum atomic E-state index is 12.3. The molecule has 154 valence electrons. The van der Waals surface area contributed by atoms with Crippen molar-refractivity contribution in [3.8, 4) is 5.75 Å². The lowest BCUT2D eigenvalue weighted by Gasteiger charge is -2.19. The summed E-state index contributed by atoms with van der Waals surface area (Å²) < 4.78 is 11.1. The highest BCUT2D eigenvalue weighted by atomic mass is 16.5. The molecule has 7 nitrogen and oxygen atoms in total. The number of rotatable bonds is 8. The largest absolute Gasteiger partial charge is 0.496 e. The highest BCUT2D eigenvalue weighted by Gasteiger charge is 2.30. The number of hydrogen-bond acceptors (Lipinski definition) is 4. The number of carbonyl (C=O) groups excluding carboxylic acids is 1. The molecule has 0 aromatic heterocycles. The van der Waals surface area contributed by atoms with Crippen molar-refractivity contribution in [1.29, 1.82) is 0 Å². The smallest absolute Gasteiger partial charge is 0.229 e. The van der Waals surface area contributed by atoms with E-state index in [9.17, 15) is 4.79 Å². The van der Waals surface area contributed by atoms with Crippen molar-refractivity contribution < 1.29 is 14.3 Å². The Kier molecular flexibility index (Phi) is 7.47. The van der Waals surface area contributed by atoms with Gasteiger partial charge in [-0.2, -0.15) is 0 Å². The van der Waals surface area contributed by atoms with Crippen molar-refractivity contribution in [3.05, 3.63) is 60.2 Å². The van der Waals surface area contributed by atoms with Crippen LogP contribution in [0.15, 0.2) is 59.6 Å². The number of para-hydroxylation sites is 2. The summed E-state index contributed by atoms with van der Waals surface area (Å²) in [6, 6.07) is 17.6. The molecule has 0 aliphatic carbocycles. The fourth-order valence-electron chi connectivity index (χ4n) is 3.30. The predicted octanol–water partition coefficient (Wildman–Crippen LogP) is 2.18. The van der Waals surface area contributed by atoms with Crippen LogP contribution in [0.4, 0.5) is 5.69 Å². The molecule has 1 heterocycles. The van der Waals surface area contributed by atoms with Gasteiger partial charge >= 0.3 is 0 Å². The summed E-state index contributed by atoms with van der Waals surface area (Å²) in [5.41, 5.74) is 1.94. The van der Waals surface area contributed by atoms with Crippen LogP contribution in [0.1, 0.15) is 12.0 Å². The Labute approximate surface area is 171 Å². The molecule has 1 saturated heterocycles. The van der Waals surface area contributed by atoms with E-state index in [1.165, 1.54) is 0 Å². The molecule has 3 rings (SSSR count). The lowest BCUT2D eigenvalue weighted by molar-refractivity contribution is -0.117. The highest BCUT2D eigenvalue weighted by Crippen LogP contribution is 2.21. The molecule has 7 heteroatoms. The summed E-state index contributed by atoms with van der Waals surface area (Å²) >= 11 is 0. The van der Waals surface area contributed by atoms with E-state index in [0.29, 0.717) is 38.7 Å². The van der Waals surface area contributed by atoms with Crippen molar-refractivity contribution in [2.45, 2.75) is 19.1 Å². The van der Waals surface area contributed by atoms with Crippen LogP contribution in [0.5, 0.6) is 5.75 Å². The number of benzene rings is 2. The van der Waals surface area contributed by atoms with Gasteiger partial charge in [-0.15, -0.1) is 0 Å². The van der Waals surface area contributed by atoms with Gasteiger partial charge in [0.2, 0.25) is 5.91 Å². The van der Waals surface area contributed by atoms with Gasteiger partial charge < -0.3 is 25.0 Å². The summed E-state index contributed by atoms with van der Waals surface area (Å²) in [4.78, 5) is 18.4. The molecule has 2 aromatic carbocycles. The molecule has 0 spiro atoms. The van der Waals surface area contributed by atoms with E-state index >= 15 is 0 Å². The fraction of sp³-hybridized carbons (Fsp3) is 0.364. The minimum atomic E-state index is 0.0170. The summed E-state index contributed by atoms with van der Waals surface area (Å²) in [5, 5.41) is 6.56. The van der Waals surface area contributed by atoms with E-state index in [2.05, 4.69) is 15.6 Å². The molecule has 0 saturated carbocycles. The number of anilines is 1. The minimum absolute atomic E-state index is 0.0170. The first-order chi connectivity index (χ1) is 14.2. The molecule has 1 aliphatic rings. The number of amides is 1. The minimum Gasteiger partial charge on any atom is -0.496 e. The molecule has 1 aliphatic heterocycles. The Balaban J connectivity index is 1.40. The third kappa shape index (κ3) is 5.71. The average Bonchev–Trinajstić information content (AvgIpc) is 3.13. The van der Waals surface area contributed by atoms with Gasteiger partial charge in [0.05, 0.1) is 26.4 Å². The van der Waals surface area contributed by atoms with E-state index < -0.39 is 0 Å². The van der Waals surface area contributed by atoms with Gasteiger partial charge in [0, 0.05) is 37.8 Å². The molecule has 1 fully saturated rings. The van der Waals surface area contributed by atoms with E-state index in [1.807, 2.05) is 54.6 Å². The summed E-state index contributed by atoms with van der Waals surface area (Å²) in [6.45, 7) is 2.24. The van der Waals surface area contributed by atoms with Crippen LogP contribution in [0.2, 0.25) is 0 Å². The van der Waals surface area contributed by atoms with Crippen molar-refractivity contribution in [1.82, 2.24) is 10.6 Å². The van der Waals surface area contributed by atoms with Crippen LogP contribution < -0.4 is 20.3 Å². The monoisotopic (exact) mass is 396 g/mol. The second-order valence-corrected chi connectivity index (χ2v) is 6.75. The van der Waals surface area contributed by atoms with Crippen LogP contribution >= 0.6 is 0 Å². The zero-order valence-corrected chi connectivity index (χ0v) is 16.9. The van der Waals surface area contributed by atoms with Gasteiger partial charge in [-0.25, -0.2) is 0 Å². The third-order valence-corrected chi connectivity index (χ3v) is 4.75. The number of ether oxygens (including phenoxy) is 2. The second kappa shape index (κ2) is 10.5. The number of guanidine groups is 1. The van der Waals surface area contributed by atoms with Crippen LogP contribution in [-0.2, 0) is 16.1 Å². The maximum absolute atomic E-state index is 12.3. The van der Waals surface area contributed by atoms with Gasteiger partial charge in [-0.3, -0.25) is 9.79 Å². The SMILES string of the molecule is CN=C(NCCOCc1ccccc1OC)NC1CC(=O)N(c2ccccc2)C1. The summed E-state index contributed by atoms with van der Waals surface area (Å²) in [5.74, 6) is 1.61. The van der Waals surface area contributed by atoms with Gasteiger partial charge in [-0.1, -0.05) is 36.4 Å². The first kappa shape index (κ1) is 20.7. The zero-order chi connectivity index (χ0) is 20.5. The van der Waals surface area contributed by atoms with Crippen LogP contribution in [-0.4, -0.2) is 51.8 Å². The number of hydrogen-bond donors (Lipinski definition) is 2. The van der Waals surface area contributed by atoms with Crippen LogP contribution in [0.3, 0.4) is 0 Å². The predicted molar refractivity (Wildman–Crippen MR) is 114 cm³/mol. The fourth-order valence-corrected chi connectivity index (χ4v) is 3.30. The molecule has 2 aromatic rings. The molecule has 1 amide bonds. The lowest BCUT2D eigenvalue weighted by Crippen LogP contribution is -2.45. The van der Waals surface area contributed by atoms with Gasteiger partial charge in [0.1, 0.15) is 5.75 Å². The first-order valence-corrected chi connectivity index (χ1v) is 9.73. The van der Waals surface area contributed by atoms with Crippen molar-refractivity contribution in [2.75, 3.05) is 38.8 Å². The van der Waals surface area contributed by atoms with Crippen LogP contribution in [0.25, 0.3) is 0 Å². The lowest BCUT2D eigenvalue weighted by atomic mass is 10.2. The third-order valence-electron chi connectivity index (χ3n) is 4.75. The molecule has 0 radical (unpaired) electrons. The van der Waals surface area contributed by atoms with Crippen molar-refractivity contribution in [2.24, 2.45) is 4.99 Å². The van der Waals surface area contributed by atoms with Gasteiger partial charge in [0.15, 0.2) is 5.96 Å². The van der Waals surface area contributed by atoms with Crippen molar-refractivity contribution in [3.63, 3.8) is 0 Å². The number of carbonyl (C=O) groups is 1. The number of nitrogens with zero attached hydrogens (tertiary/aromatic N) is 2. The van der Waals surface area contributed by atoms with E-state index in [4.69, 9.17) is 9.47 Å². The Hall–Kier alpha value is -3.06. The van der Waals surface area contributed by atoms with Gasteiger partial charge in [0.25, 0.3) is 0 Å². The van der Waals surface area contributed by atoms with E-state index in [1.54, 1.807) is 19.1 Å². The second-order valence-electron chi connectivity index (χ2n) is 6.75. The average molecular weight is 396 g/mol. The Bertz CT molecular complexity index is 826. The first-order valence-electron chi connectivity index (χ1n) is 9.73. The molecule has 2 N–H and O–H groups in total. The van der Waals surface area contributed by atoms with Crippen LogP contribution in [0, 0.1) is 0 Å². The summed E-state index contributed by atoms with van der Waals surface area (Å²) in [7, 11) is 3.37. The highest BCUT2D eigenvalue weighted by molar-refractivity contribution is 5.97. The van der Waals surface area contributed by atoms with E-state index in [-0.39, 0.29) is 11.9 Å². The number of nitrogens with one attached hydrogen (secondary N) is 2. The molecule has 29 heavy (non-hydrogen) atoms. The quantitative estimate of drug-likeness (QED) is 0.406. The Morgan fingerprint density at radius 1 is 1.17 bits per heavy atom. The number of aliphatic imine (C=N–C) groups is 1. The number of methoxy groups -OCH3 is 1. The Morgan fingerprint density at radius 3 is 2.69 bits per heavy atom. The standard InChI is InChI=1S/C22H28N4O3/c1-23-22(24-12-13-29-16-17-8-6-7-11-20(17)28-2)25-18-14-21(27)26(15-18)19-9-4-3-5-10-19/h3-11,18H,12-16H2,1-2H3,(H2,23,24,25). The topological polar surface area (TPSA) is 75.2 Å². The molecular formula is C22H28N4O3. The normalized spacial score (nSPS) is 16.8. The Morgan fingerprint density at radius 2 is 1.93 bits per heavy atom. The molecular weight excluding hydrogens is 368 g/mol. The maximum Gasteiger partial charge on any atom is 0.229 e. The van der Waals surface area contributed by atoms with Crippen molar-refractivity contribution >= 4 is 17.6 Å². The zero-order valence-electron chi connectivity index (χ0n) is 16.9. The van der Waals surface area contributed by atoms with E-state index in [0.717, 1.165) is 17.0 Å². The summed E-state index contributed by atoms with van der Waals surface area (Å²) in [6.07, 6.45) is 0.444. The molecule has 0 bridgehead atoms. The molecule has 1 unspecified atom stereocenters. The molecule has 1 atom stereocenters. The van der Waals surface area contributed by atoms with Gasteiger partial charge in [-0.05, 0) is 18.2 Å².